The maximum absolute atomic E-state index is 6.26. The monoisotopic (exact) mass is 420 g/mol. The molecule has 1 aliphatic heterocycles. The van der Waals surface area contributed by atoms with E-state index in [4.69, 9.17) is 22.1 Å². The third-order valence-corrected chi connectivity index (χ3v) is 5.66. The summed E-state index contributed by atoms with van der Waals surface area (Å²) in [5, 5.41) is 5.70. The van der Waals surface area contributed by atoms with E-state index in [-0.39, 0.29) is 6.10 Å². The highest BCUT2D eigenvalue weighted by Gasteiger charge is 2.20. The normalized spacial score (nSPS) is 15.7. The highest BCUT2D eigenvalue weighted by Crippen LogP contribution is 2.29. The van der Waals surface area contributed by atoms with Gasteiger partial charge in [0.25, 0.3) is 0 Å². The fourth-order valence-corrected chi connectivity index (χ4v) is 3.93. The lowest BCUT2D eigenvalue weighted by Gasteiger charge is -2.23. The molecule has 1 aliphatic rings. The van der Waals surface area contributed by atoms with Crippen LogP contribution < -0.4 is 15.8 Å². The largest absolute Gasteiger partial charge is 0.474 e. The Kier molecular flexibility index (Phi) is 4.88. The van der Waals surface area contributed by atoms with Gasteiger partial charge in [-0.25, -0.2) is 15.0 Å². The van der Waals surface area contributed by atoms with Crippen molar-refractivity contribution in [3.05, 3.63) is 71.5 Å². The van der Waals surface area contributed by atoms with Crippen LogP contribution in [0, 0.1) is 0 Å². The lowest BCUT2D eigenvalue weighted by Crippen LogP contribution is -2.28. The molecule has 5 rings (SSSR count). The molecule has 152 valence electrons. The van der Waals surface area contributed by atoms with Crippen LogP contribution >= 0.6 is 11.6 Å². The van der Waals surface area contributed by atoms with Gasteiger partial charge in [-0.1, -0.05) is 17.7 Å². The molecule has 0 aliphatic carbocycles. The Morgan fingerprint density at radius 2 is 2.07 bits per heavy atom. The second-order valence-electron chi connectivity index (χ2n) is 7.38. The number of pyridine rings is 2. The number of nitrogens with one attached hydrogen (secondary N) is 1. The first-order valence-electron chi connectivity index (χ1n) is 9.85. The van der Waals surface area contributed by atoms with Gasteiger partial charge in [0.15, 0.2) is 0 Å². The smallest absolute Gasteiger partial charge is 0.213 e. The zero-order valence-corrected chi connectivity index (χ0v) is 17.0. The molecule has 3 aromatic heterocycles. The van der Waals surface area contributed by atoms with Crippen molar-refractivity contribution >= 4 is 33.9 Å². The fourth-order valence-electron chi connectivity index (χ4n) is 3.72. The van der Waals surface area contributed by atoms with Gasteiger partial charge in [-0.3, -0.25) is 0 Å². The van der Waals surface area contributed by atoms with Crippen LogP contribution in [0.15, 0.2) is 55.1 Å². The van der Waals surface area contributed by atoms with Gasteiger partial charge in [-0.2, -0.15) is 0 Å². The molecule has 1 atom stereocenters. The number of rotatable bonds is 5. The number of hydrogen-bond donors (Lipinski definition) is 2. The molecule has 1 aromatic carbocycles. The number of aromatic nitrogens is 4. The van der Waals surface area contributed by atoms with Gasteiger partial charge in [-0.15, -0.1) is 0 Å². The summed E-state index contributed by atoms with van der Waals surface area (Å²) in [6.45, 7) is 1.57. The van der Waals surface area contributed by atoms with E-state index >= 15 is 0 Å². The molecule has 0 saturated carbocycles. The van der Waals surface area contributed by atoms with E-state index in [0.717, 1.165) is 47.2 Å². The van der Waals surface area contributed by atoms with E-state index in [1.54, 1.807) is 6.20 Å². The minimum Gasteiger partial charge on any atom is -0.474 e. The quantitative estimate of drug-likeness (QED) is 0.505. The Labute approximate surface area is 178 Å². The topological polar surface area (TPSA) is 90.9 Å². The van der Waals surface area contributed by atoms with Gasteiger partial charge in [0, 0.05) is 73.2 Å². The SMILES string of the molecule is Nc1ncc(Cl)c2cc(NCc3ccc(OC4CCn5ccnc5C4)nc3)ccc12. The van der Waals surface area contributed by atoms with Crippen molar-refractivity contribution in [1.82, 2.24) is 19.5 Å². The predicted molar refractivity (Wildman–Crippen MR) is 118 cm³/mol. The van der Waals surface area contributed by atoms with Gasteiger partial charge < -0.3 is 20.4 Å². The maximum atomic E-state index is 6.26. The molecule has 0 fully saturated rings. The molecule has 4 heterocycles. The van der Waals surface area contributed by atoms with Crippen molar-refractivity contribution in [1.29, 1.82) is 0 Å². The minimum atomic E-state index is 0.112. The third-order valence-electron chi connectivity index (χ3n) is 5.36. The van der Waals surface area contributed by atoms with Crippen LogP contribution in [-0.4, -0.2) is 25.6 Å². The summed E-state index contributed by atoms with van der Waals surface area (Å²) in [5.41, 5.74) is 7.93. The number of aryl methyl sites for hydroxylation is 1. The van der Waals surface area contributed by atoms with Crippen molar-refractivity contribution < 1.29 is 4.74 Å². The average molecular weight is 421 g/mol. The summed E-state index contributed by atoms with van der Waals surface area (Å²) in [7, 11) is 0. The van der Waals surface area contributed by atoms with Gasteiger partial charge in [0.2, 0.25) is 5.88 Å². The molecule has 1 unspecified atom stereocenters. The number of fused-ring (bicyclic) bond motifs is 2. The van der Waals surface area contributed by atoms with E-state index in [0.29, 0.717) is 23.3 Å². The van der Waals surface area contributed by atoms with Gasteiger partial charge in [0.05, 0.1) is 5.02 Å². The number of nitrogens with zero attached hydrogens (tertiary/aromatic N) is 4. The standard InChI is InChI=1S/C22H21ClN6O/c23-19-13-28-22(24)17-3-2-15(9-18(17)19)26-11-14-1-4-21(27-12-14)30-16-5-7-29-8-6-25-20(29)10-16/h1-4,6,8-9,12-13,16,26H,5,7,10-11H2,(H2,24,28). The van der Waals surface area contributed by atoms with E-state index in [2.05, 4.69) is 24.8 Å². The number of nitrogen functional groups attached to an aromatic ring is 1. The Bertz CT molecular complexity index is 1190. The number of ether oxygens (including phenoxy) is 1. The first-order valence-corrected chi connectivity index (χ1v) is 10.2. The Morgan fingerprint density at radius 1 is 1.13 bits per heavy atom. The second kappa shape index (κ2) is 7.84. The summed E-state index contributed by atoms with van der Waals surface area (Å²) in [6.07, 6.45) is 9.14. The van der Waals surface area contributed by atoms with E-state index in [1.807, 2.05) is 48.9 Å². The number of halogens is 1. The van der Waals surface area contributed by atoms with Crippen LogP contribution in [-0.2, 0) is 19.5 Å². The summed E-state index contributed by atoms with van der Waals surface area (Å²) in [6, 6.07) is 9.81. The molecule has 0 spiro atoms. The van der Waals surface area contributed by atoms with Crippen LogP contribution in [0.3, 0.4) is 0 Å². The van der Waals surface area contributed by atoms with Crippen LogP contribution in [0.25, 0.3) is 10.8 Å². The zero-order chi connectivity index (χ0) is 20.5. The van der Waals surface area contributed by atoms with E-state index in [9.17, 15) is 0 Å². The van der Waals surface area contributed by atoms with Crippen LogP contribution in [0.4, 0.5) is 11.5 Å². The molecule has 0 bridgehead atoms. The Hall–Kier alpha value is -3.32. The van der Waals surface area contributed by atoms with Crippen molar-refractivity contribution in [3.8, 4) is 5.88 Å². The average Bonchev–Trinajstić information content (AvgIpc) is 3.24. The van der Waals surface area contributed by atoms with Gasteiger partial charge in [-0.05, 0) is 23.8 Å². The molecule has 30 heavy (non-hydrogen) atoms. The highest BCUT2D eigenvalue weighted by atomic mass is 35.5. The molecule has 0 radical (unpaired) electrons. The molecule has 8 heteroatoms. The van der Waals surface area contributed by atoms with Crippen molar-refractivity contribution in [2.45, 2.75) is 32.0 Å². The van der Waals surface area contributed by atoms with Crippen molar-refractivity contribution in [3.63, 3.8) is 0 Å². The summed E-state index contributed by atoms with van der Waals surface area (Å²) >= 11 is 6.26. The highest BCUT2D eigenvalue weighted by molar-refractivity contribution is 6.35. The molecule has 4 aromatic rings. The molecule has 3 N–H and O–H groups in total. The lowest BCUT2D eigenvalue weighted by atomic mass is 10.1. The lowest BCUT2D eigenvalue weighted by molar-refractivity contribution is 0.160. The van der Waals surface area contributed by atoms with E-state index in [1.165, 1.54) is 0 Å². The Balaban J connectivity index is 1.21. The molecule has 0 amide bonds. The number of benzene rings is 1. The zero-order valence-electron chi connectivity index (χ0n) is 16.3. The summed E-state index contributed by atoms with van der Waals surface area (Å²) in [4.78, 5) is 12.9. The van der Waals surface area contributed by atoms with Crippen LogP contribution in [0.2, 0.25) is 5.02 Å². The molecule has 7 nitrogen and oxygen atoms in total. The second-order valence-corrected chi connectivity index (χ2v) is 7.79. The van der Waals surface area contributed by atoms with E-state index < -0.39 is 0 Å². The van der Waals surface area contributed by atoms with Gasteiger partial charge >= 0.3 is 0 Å². The van der Waals surface area contributed by atoms with Crippen molar-refractivity contribution in [2.24, 2.45) is 0 Å². The summed E-state index contributed by atoms with van der Waals surface area (Å²) in [5.74, 6) is 2.19. The van der Waals surface area contributed by atoms with Crippen LogP contribution in [0.1, 0.15) is 17.8 Å². The molecular formula is C22H21ClN6O. The first-order chi connectivity index (χ1) is 14.7. The molecule has 0 saturated heterocycles. The minimum absolute atomic E-state index is 0.112. The van der Waals surface area contributed by atoms with Crippen LogP contribution in [0.5, 0.6) is 5.88 Å². The molecular weight excluding hydrogens is 400 g/mol. The predicted octanol–water partition coefficient (Wildman–Crippen LogP) is 4.07. The van der Waals surface area contributed by atoms with Gasteiger partial charge in [0.1, 0.15) is 17.7 Å². The summed E-state index contributed by atoms with van der Waals surface area (Å²) < 4.78 is 8.23. The fraction of sp³-hybridized carbons (Fsp3) is 0.227. The third kappa shape index (κ3) is 3.76. The number of hydrogen-bond acceptors (Lipinski definition) is 6. The Morgan fingerprint density at radius 3 is 2.93 bits per heavy atom. The number of nitrogens with two attached hydrogens (primary N) is 1. The maximum Gasteiger partial charge on any atom is 0.213 e. The van der Waals surface area contributed by atoms with Crippen molar-refractivity contribution in [2.75, 3.05) is 11.1 Å². The number of anilines is 2. The number of imidazole rings is 1. The first kappa shape index (κ1) is 18.7.